The van der Waals surface area contributed by atoms with Gasteiger partial charge in [-0.1, -0.05) is 44.2 Å². The number of benzene rings is 2. The first-order valence-corrected chi connectivity index (χ1v) is 13.5. The molecular formula is C30H38FN3O7. The summed E-state index contributed by atoms with van der Waals surface area (Å²) in [6.07, 6.45) is -3.75. The number of carboxylic acids is 1. The number of nitrogens with one attached hydrogen (secondary N) is 1. The Morgan fingerprint density at radius 3 is 2.27 bits per heavy atom. The van der Waals surface area contributed by atoms with Crippen molar-refractivity contribution < 1.29 is 39.1 Å². The van der Waals surface area contributed by atoms with Crippen LogP contribution < -0.4 is 5.32 Å². The minimum atomic E-state index is -1.21. The van der Waals surface area contributed by atoms with E-state index in [2.05, 4.69) is 10.3 Å². The highest BCUT2D eigenvalue weighted by molar-refractivity contribution is 5.94. The van der Waals surface area contributed by atoms with Gasteiger partial charge in [-0.05, 0) is 48.6 Å². The molecule has 0 spiro atoms. The standard InChI is InChI=1S/C30H38FN3O7/c1-18(2)27-26(30(40)32-24(17-41-3)28(39)19-7-5-4-6-8-19)33-29(20-9-11-21(31)12-10-20)34(27)14-13-22(35)15-23(36)16-25(37)38/h4-12,18,22-24,28,35-36,39H,13-17H2,1-3H3,(H,32,40)(H,37,38)/t22-,23-,24?,28?/m1/s1. The Morgan fingerprint density at radius 1 is 1.02 bits per heavy atom. The zero-order valence-corrected chi connectivity index (χ0v) is 23.4. The highest BCUT2D eigenvalue weighted by Gasteiger charge is 2.29. The fraction of sp³-hybridized carbons (Fsp3) is 0.433. The van der Waals surface area contributed by atoms with Crippen LogP contribution in [0, 0.1) is 5.82 Å². The largest absolute Gasteiger partial charge is 0.481 e. The molecule has 2 aromatic carbocycles. The molecule has 0 fully saturated rings. The summed E-state index contributed by atoms with van der Waals surface area (Å²) in [7, 11) is 1.47. The van der Waals surface area contributed by atoms with E-state index in [1.54, 1.807) is 41.0 Å². The molecular weight excluding hydrogens is 533 g/mol. The van der Waals surface area contributed by atoms with Crippen LogP contribution >= 0.6 is 0 Å². The zero-order valence-electron chi connectivity index (χ0n) is 23.4. The van der Waals surface area contributed by atoms with Gasteiger partial charge in [-0.2, -0.15) is 0 Å². The van der Waals surface area contributed by atoms with Crippen molar-refractivity contribution in [3.05, 3.63) is 77.4 Å². The highest BCUT2D eigenvalue weighted by atomic mass is 19.1. The molecule has 1 aromatic heterocycles. The van der Waals surface area contributed by atoms with Gasteiger partial charge in [0, 0.05) is 19.2 Å². The number of rotatable bonds is 15. The van der Waals surface area contributed by atoms with Crippen LogP contribution in [-0.2, 0) is 16.1 Å². The van der Waals surface area contributed by atoms with Crippen LogP contribution in [0.2, 0.25) is 0 Å². The lowest BCUT2D eigenvalue weighted by atomic mass is 10.0. The molecule has 1 amide bonds. The summed E-state index contributed by atoms with van der Waals surface area (Å²) >= 11 is 0. The molecule has 0 aliphatic heterocycles. The van der Waals surface area contributed by atoms with Gasteiger partial charge in [0.2, 0.25) is 0 Å². The average molecular weight is 572 g/mol. The van der Waals surface area contributed by atoms with Crippen molar-refractivity contribution in [2.24, 2.45) is 0 Å². The number of aliphatic carboxylic acids is 1. The number of ether oxygens (including phenoxy) is 1. The molecule has 0 saturated heterocycles. The molecule has 0 saturated carbocycles. The van der Waals surface area contributed by atoms with Gasteiger partial charge in [0.1, 0.15) is 23.4 Å². The van der Waals surface area contributed by atoms with Gasteiger partial charge in [0.15, 0.2) is 0 Å². The van der Waals surface area contributed by atoms with Crippen LogP contribution in [0.4, 0.5) is 4.39 Å². The van der Waals surface area contributed by atoms with Gasteiger partial charge < -0.3 is 35.0 Å². The SMILES string of the molecule is COCC(NC(=O)c1nc(-c2ccc(F)cc2)n(CC[C@@H](O)C[C@@H](O)CC(=O)O)c1C(C)C)C(O)c1ccccc1. The van der Waals surface area contributed by atoms with Crippen molar-refractivity contribution in [2.45, 2.75) is 69.9 Å². The summed E-state index contributed by atoms with van der Waals surface area (Å²) in [6.45, 7) is 4.00. The third-order valence-electron chi connectivity index (χ3n) is 6.70. The Labute approximate surface area is 238 Å². The number of imidazole rings is 1. The second-order valence-corrected chi connectivity index (χ2v) is 10.3. The molecule has 4 atom stereocenters. The molecule has 0 bridgehead atoms. The number of aromatic nitrogens is 2. The zero-order chi connectivity index (χ0) is 30.1. The van der Waals surface area contributed by atoms with Crippen molar-refractivity contribution >= 4 is 11.9 Å². The van der Waals surface area contributed by atoms with Crippen LogP contribution in [0.3, 0.4) is 0 Å². The molecule has 0 aliphatic rings. The molecule has 3 rings (SSSR count). The average Bonchev–Trinajstić information content (AvgIpc) is 3.31. The Balaban J connectivity index is 1.96. The lowest BCUT2D eigenvalue weighted by Crippen LogP contribution is -2.43. The number of carbonyl (C=O) groups excluding carboxylic acids is 1. The molecule has 222 valence electrons. The smallest absolute Gasteiger partial charge is 0.305 e. The van der Waals surface area contributed by atoms with E-state index >= 15 is 0 Å². The van der Waals surface area contributed by atoms with E-state index in [4.69, 9.17) is 9.84 Å². The number of nitrogens with zero attached hydrogens (tertiary/aromatic N) is 2. The minimum absolute atomic E-state index is 0.0369. The summed E-state index contributed by atoms with van der Waals surface area (Å²) in [5, 5.41) is 43.2. The molecule has 10 nitrogen and oxygen atoms in total. The molecule has 5 N–H and O–H groups in total. The van der Waals surface area contributed by atoms with Gasteiger partial charge in [-0.25, -0.2) is 9.37 Å². The van der Waals surface area contributed by atoms with Crippen LogP contribution in [0.25, 0.3) is 11.4 Å². The summed E-state index contributed by atoms with van der Waals surface area (Å²) in [5.74, 6) is -1.96. The first-order chi connectivity index (χ1) is 19.5. The predicted molar refractivity (Wildman–Crippen MR) is 150 cm³/mol. The van der Waals surface area contributed by atoms with Gasteiger partial charge in [0.05, 0.1) is 37.0 Å². The molecule has 2 unspecified atom stereocenters. The van der Waals surface area contributed by atoms with E-state index in [-0.39, 0.29) is 37.6 Å². The topological polar surface area (TPSA) is 154 Å². The third kappa shape index (κ3) is 8.67. The predicted octanol–water partition coefficient (Wildman–Crippen LogP) is 3.27. The number of hydrogen-bond donors (Lipinski definition) is 5. The Kier molecular flexibility index (Phi) is 11.5. The van der Waals surface area contributed by atoms with Crippen molar-refractivity contribution in [3.63, 3.8) is 0 Å². The van der Waals surface area contributed by atoms with Gasteiger partial charge >= 0.3 is 5.97 Å². The maximum atomic E-state index is 13.7. The van der Waals surface area contributed by atoms with Crippen molar-refractivity contribution in [1.29, 1.82) is 0 Å². The van der Waals surface area contributed by atoms with E-state index in [1.165, 1.54) is 19.2 Å². The number of halogens is 1. The first kappa shape index (κ1) is 31.9. The number of carboxylic acid groups (broad SMARTS) is 1. The van der Waals surface area contributed by atoms with E-state index in [9.17, 15) is 29.3 Å². The molecule has 3 aromatic rings. The monoisotopic (exact) mass is 571 g/mol. The van der Waals surface area contributed by atoms with Crippen molar-refractivity contribution in [2.75, 3.05) is 13.7 Å². The lowest BCUT2D eigenvalue weighted by Gasteiger charge is -2.24. The number of hydrogen-bond acceptors (Lipinski definition) is 7. The molecule has 0 aliphatic carbocycles. The second kappa shape index (κ2) is 14.8. The molecule has 11 heteroatoms. The van der Waals surface area contributed by atoms with Crippen molar-refractivity contribution in [1.82, 2.24) is 14.9 Å². The number of carbonyl (C=O) groups is 2. The number of amides is 1. The summed E-state index contributed by atoms with van der Waals surface area (Å²) in [4.78, 5) is 29.2. The van der Waals surface area contributed by atoms with E-state index in [1.807, 2.05) is 19.9 Å². The van der Waals surface area contributed by atoms with Gasteiger partial charge in [0.25, 0.3) is 5.91 Å². The van der Waals surface area contributed by atoms with E-state index < -0.39 is 48.5 Å². The minimum Gasteiger partial charge on any atom is -0.481 e. The summed E-state index contributed by atoms with van der Waals surface area (Å²) < 4.78 is 20.8. The Hall–Kier alpha value is -3.64. The van der Waals surface area contributed by atoms with Crippen LogP contribution in [-0.4, -0.2) is 73.8 Å². The van der Waals surface area contributed by atoms with Gasteiger partial charge in [-0.3, -0.25) is 9.59 Å². The third-order valence-corrected chi connectivity index (χ3v) is 6.70. The van der Waals surface area contributed by atoms with Crippen LogP contribution in [0.15, 0.2) is 54.6 Å². The molecule has 41 heavy (non-hydrogen) atoms. The number of aliphatic hydroxyl groups is 3. The lowest BCUT2D eigenvalue weighted by molar-refractivity contribution is -0.139. The Bertz CT molecular complexity index is 1280. The summed E-state index contributed by atoms with van der Waals surface area (Å²) in [5.41, 5.74) is 1.83. The fourth-order valence-electron chi connectivity index (χ4n) is 4.77. The number of aliphatic hydroxyl groups excluding tert-OH is 3. The maximum absolute atomic E-state index is 13.7. The van der Waals surface area contributed by atoms with E-state index in [0.717, 1.165) is 0 Å². The maximum Gasteiger partial charge on any atom is 0.305 e. The Morgan fingerprint density at radius 2 is 1.68 bits per heavy atom. The first-order valence-electron chi connectivity index (χ1n) is 13.5. The fourth-order valence-corrected chi connectivity index (χ4v) is 4.77. The molecule has 0 radical (unpaired) electrons. The number of methoxy groups -OCH3 is 1. The quantitative estimate of drug-likeness (QED) is 0.186. The van der Waals surface area contributed by atoms with E-state index in [0.29, 0.717) is 22.6 Å². The summed E-state index contributed by atoms with van der Waals surface area (Å²) in [6, 6.07) is 13.8. The highest BCUT2D eigenvalue weighted by Crippen LogP contribution is 2.29. The van der Waals surface area contributed by atoms with Crippen LogP contribution in [0.1, 0.15) is 66.9 Å². The van der Waals surface area contributed by atoms with Gasteiger partial charge in [-0.15, -0.1) is 0 Å². The van der Waals surface area contributed by atoms with Crippen molar-refractivity contribution in [3.8, 4) is 11.4 Å². The molecule has 1 heterocycles. The normalized spacial score (nSPS) is 14.4. The van der Waals surface area contributed by atoms with Crippen LogP contribution in [0.5, 0.6) is 0 Å². The second-order valence-electron chi connectivity index (χ2n) is 10.3.